The number of aromatic nitrogens is 1. The molecule has 0 saturated carbocycles. The minimum absolute atomic E-state index is 0.0138. The molecule has 0 bridgehead atoms. The SMILES string of the molecule is COc1ccc(Cl)c(S(=O)(=O)n2ccc3c2N(c2ccc(N4CCN(C)CC4)cc2)C(N)N=C3)c1Cl. The van der Waals surface area contributed by atoms with Gasteiger partial charge in [0.05, 0.1) is 12.1 Å². The Balaban J connectivity index is 1.57. The lowest BCUT2D eigenvalue weighted by molar-refractivity contribution is 0.313. The van der Waals surface area contributed by atoms with Crippen molar-refractivity contribution in [3.63, 3.8) is 0 Å². The molecule has 0 radical (unpaired) electrons. The van der Waals surface area contributed by atoms with Crippen molar-refractivity contribution in [2.24, 2.45) is 10.7 Å². The van der Waals surface area contributed by atoms with Gasteiger partial charge < -0.3 is 14.5 Å². The van der Waals surface area contributed by atoms with Crippen LogP contribution in [-0.4, -0.2) is 70.1 Å². The van der Waals surface area contributed by atoms with Gasteiger partial charge in [-0.05, 0) is 49.5 Å². The Morgan fingerprint density at radius 3 is 2.33 bits per heavy atom. The second kappa shape index (κ2) is 9.60. The Bertz CT molecular complexity index is 1420. The van der Waals surface area contributed by atoms with E-state index in [-0.39, 0.29) is 20.7 Å². The molecule has 1 aromatic heterocycles. The van der Waals surface area contributed by atoms with Crippen molar-refractivity contribution in [3.8, 4) is 5.75 Å². The molecular weight excluding hydrogens is 523 g/mol. The second-order valence-corrected chi connectivity index (χ2v) is 11.2. The number of likely N-dealkylation sites (N-methyl/N-ethyl adjacent to an activating group) is 1. The van der Waals surface area contributed by atoms with Gasteiger partial charge in [0.15, 0.2) is 6.29 Å². The number of ether oxygens (including phenoxy) is 1. The van der Waals surface area contributed by atoms with Crippen LogP contribution in [0, 0.1) is 0 Å². The Morgan fingerprint density at radius 1 is 1.00 bits per heavy atom. The van der Waals surface area contributed by atoms with Gasteiger partial charge in [0.25, 0.3) is 10.0 Å². The van der Waals surface area contributed by atoms with Crippen LogP contribution < -0.4 is 20.3 Å². The number of hydrogen-bond donors (Lipinski definition) is 1. The molecule has 0 spiro atoms. The molecule has 1 fully saturated rings. The van der Waals surface area contributed by atoms with Crippen LogP contribution in [0.3, 0.4) is 0 Å². The molecule has 2 aromatic carbocycles. The van der Waals surface area contributed by atoms with Gasteiger partial charge in [0.1, 0.15) is 21.5 Å². The summed E-state index contributed by atoms with van der Waals surface area (Å²) >= 11 is 12.7. The molecule has 3 aromatic rings. The van der Waals surface area contributed by atoms with E-state index in [1.807, 2.05) is 24.3 Å². The summed E-state index contributed by atoms with van der Waals surface area (Å²) in [6.07, 6.45) is 2.18. The van der Waals surface area contributed by atoms with E-state index in [2.05, 4.69) is 21.8 Å². The summed E-state index contributed by atoms with van der Waals surface area (Å²) < 4.78 is 34.1. The highest BCUT2D eigenvalue weighted by molar-refractivity contribution is 7.90. The predicted molar refractivity (Wildman–Crippen MR) is 144 cm³/mol. The highest BCUT2D eigenvalue weighted by atomic mass is 35.5. The molecule has 190 valence electrons. The van der Waals surface area contributed by atoms with Gasteiger partial charge >= 0.3 is 0 Å². The Morgan fingerprint density at radius 2 is 1.67 bits per heavy atom. The number of aliphatic imine (C=N–C) groups is 1. The van der Waals surface area contributed by atoms with Crippen molar-refractivity contribution >= 4 is 56.6 Å². The number of rotatable bonds is 5. The van der Waals surface area contributed by atoms with Crippen LogP contribution in [0.5, 0.6) is 5.75 Å². The smallest absolute Gasteiger partial charge is 0.272 e. The lowest BCUT2D eigenvalue weighted by Crippen LogP contribution is -2.44. The third-order valence-electron chi connectivity index (χ3n) is 6.46. The van der Waals surface area contributed by atoms with Gasteiger partial charge in [-0.1, -0.05) is 23.2 Å². The fourth-order valence-corrected chi connectivity index (χ4v) is 6.99. The topological polar surface area (TPSA) is 96.4 Å². The number of nitrogens with zero attached hydrogens (tertiary/aromatic N) is 5. The highest BCUT2D eigenvalue weighted by Gasteiger charge is 2.34. The van der Waals surface area contributed by atoms with E-state index in [4.69, 9.17) is 33.7 Å². The number of hydrogen-bond acceptors (Lipinski definition) is 8. The van der Waals surface area contributed by atoms with E-state index >= 15 is 0 Å². The third-order valence-corrected chi connectivity index (χ3v) is 9.13. The average molecular weight is 549 g/mol. The first-order valence-electron chi connectivity index (χ1n) is 11.3. The van der Waals surface area contributed by atoms with Crippen molar-refractivity contribution in [1.29, 1.82) is 0 Å². The van der Waals surface area contributed by atoms with Crippen molar-refractivity contribution in [2.45, 2.75) is 11.2 Å². The van der Waals surface area contributed by atoms with Crippen LogP contribution in [0.2, 0.25) is 10.0 Å². The standard InChI is InChI=1S/C24H26Cl2N6O3S/c1-29-11-13-30(14-12-29)17-3-5-18(6-4-17)32-23-16(15-28-24(32)27)9-10-31(23)36(33,34)22-19(25)7-8-20(35-2)21(22)26/h3-10,15,24H,11-14,27H2,1-2H3. The van der Waals surface area contributed by atoms with Crippen LogP contribution in [0.15, 0.2) is 58.5 Å². The van der Waals surface area contributed by atoms with Gasteiger partial charge in [-0.2, -0.15) is 0 Å². The predicted octanol–water partition coefficient (Wildman–Crippen LogP) is 3.61. The zero-order chi connectivity index (χ0) is 25.6. The fourth-order valence-electron chi connectivity index (χ4n) is 4.48. The quantitative estimate of drug-likeness (QED) is 0.520. The first kappa shape index (κ1) is 24.9. The van der Waals surface area contributed by atoms with E-state index in [9.17, 15) is 8.42 Å². The summed E-state index contributed by atoms with van der Waals surface area (Å²) in [5.74, 6) is 0.551. The number of nitrogens with two attached hydrogens (primary N) is 1. The molecule has 1 saturated heterocycles. The molecule has 2 N–H and O–H groups in total. The molecule has 2 aliphatic rings. The maximum Gasteiger partial charge on any atom is 0.272 e. The van der Waals surface area contributed by atoms with Crippen LogP contribution in [0.25, 0.3) is 0 Å². The summed E-state index contributed by atoms with van der Waals surface area (Å²) in [6, 6.07) is 12.5. The van der Waals surface area contributed by atoms with E-state index in [1.54, 1.807) is 17.2 Å². The monoisotopic (exact) mass is 548 g/mol. The second-order valence-electron chi connectivity index (χ2n) is 8.66. The van der Waals surface area contributed by atoms with Crippen LogP contribution in [0.4, 0.5) is 17.2 Å². The summed E-state index contributed by atoms with van der Waals surface area (Å²) in [4.78, 5) is 10.4. The van der Waals surface area contributed by atoms with Gasteiger partial charge in [-0.25, -0.2) is 12.4 Å². The fraction of sp³-hybridized carbons (Fsp3) is 0.292. The Hall–Kier alpha value is -2.76. The van der Waals surface area contributed by atoms with Crippen molar-refractivity contribution in [1.82, 2.24) is 8.87 Å². The number of piperazine rings is 1. The number of fused-ring (bicyclic) bond motifs is 1. The van der Waals surface area contributed by atoms with Crippen LogP contribution in [0.1, 0.15) is 5.56 Å². The van der Waals surface area contributed by atoms with Crippen molar-refractivity contribution in [2.75, 3.05) is 50.1 Å². The molecule has 3 heterocycles. The Kier molecular flexibility index (Phi) is 6.65. The maximum atomic E-state index is 13.9. The van der Waals surface area contributed by atoms with E-state index < -0.39 is 16.3 Å². The van der Waals surface area contributed by atoms with Gasteiger partial charge in [0, 0.05) is 55.5 Å². The van der Waals surface area contributed by atoms with Crippen LogP contribution >= 0.6 is 23.2 Å². The largest absolute Gasteiger partial charge is 0.495 e. The molecular formula is C24H26Cl2N6O3S. The highest BCUT2D eigenvalue weighted by Crippen LogP contribution is 2.41. The molecule has 5 rings (SSSR count). The average Bonchev–Trinajstić information content (AvgIpc) is 3.30. The summed E-state index contributed by atoms with van der Waals surface area (Å²) in [5.41, 5.74) is 8.77. The van der Waals surface area contributed by atoms with Crippen LogP contribution in [-0.2, 0) is 10.0 Å². The Labute approximate surface area is 220 Å². The number of methoxy groups -OCH3 is 1. The number of halogens is 2. The first-order chi connectivity index (χ1) is 17.2. The van der Waals surface area contributed by atoms with Crippen molar-refractivity contribution in [3.05, 3.63) is 64.3 Å². The molecule has 12 heteroatoms. The maximum absolute atomic E-state index is 13.9. The summed E-state index contributed by atoms with van der Waals surface area (Å²) in [7, 11) is -0.700. The lowest BCUT2D eigenvalue weighted by atomic mass is 10.2. The molecule has 0 aliphatic carbocycles. The van der Waals surface area contributed by atoms with Crippen molar-refractivity contribution < 1.29 is 13.2 Å². The van der Waals surface area contributed by atoms with Gasteiger partial charge in [0.2, 0.25) is 0 Å². The zero-order valence-corrected chi connectivity index (χ0v) is 22.1. The summed E-state index contributed by atoms with van der Waals surface area (Å²) in [5, 5.41) is -0.107. The molecule has 0 amide bonds. The van der Waals surface area contributed by atoms with E-state index in [0.29, 0.717) is 17.1 Å². The van der Waals surface area contributed by atoms with E-state index in [0.717, 1.165) is 35.8 Å². The number of anilines is 3. The van der Waals surface area contributed by atoms with Gasteiger partial charge in [-0.15, -0.1) is 0 Å². The zero-order valence-electron chi connectivity index (χ0n) is 19.8. The molecule has 1 atom stereocenters. The van der Waals surface area contributed by atoms with E-state index in [1.165, 1.54) is 25.4 Å². The normalized spacial score (nSPS) is 18.4. The number of benzene rings is 2. The first-order valence-corrected chi connectivity index (χ1v) is 13.5. The minimum Gasteiger partial charge on any atom is -0.495 e. The molecule has 9 nitrogen and oxygen atoms in total. The lowest BCUT2D eigenvalue weighted by Gasteiger charge is -2.35. The third kappa shape index (κ3) is 4.22. The van der Waals surface area contributed by atoms with Gasteiger partial charge in [-0.3, -0.25) is 15.6 Å². The molecule has 36 heavy (non-hydrogen) atoms. The molecule has 2 aliphatic heterocycles. The molecule has 1 unspecified atom stereocenters. The summed E-state index contributed by atoms with van der Waals surface area (Å²) in [6.45, 7) is 3.88. The minimum atomic E-state index is -4.22.